The standard InChI is InChI=1S/C17H18F2N2O3/c18-17(19)24-14-6-4-13(5-7-14)15(22)11-21-16(23)8-3-12-2-1-9-20-10-12/h1-2,4-7,9-10,15,17,22H,3,8,11H2,(H,21,23)/t15-/m0/s1. The molecule has 0 saturated carbocycles. The van der Waals surface area contributed by atoms with Crippen LogP contribution in [0.5, 0.6) is 5.75 Å². The Kier molecular flexibility index (Phi) is 6.62. The van der Waals surface area contributed by atoms with Gasteiger partial charge in [-0.15, -0.1) is 0 Å². The molecule has 0 aliphatic carbocycles. The normalized spacial score (nSPS) is 12.0. The first kappa shape index (κ1) is 17.8. The van der Waals surface area contributed by atoms with Crippen LogP contribution in [0.15, 0.2) is 48.8 Å². The van der Waals surface area contributed by atoms with Crippen molar-refractivity contribution < 1.29 is 23.4 Å². The van der Waals surface area contributed by atoms with Crippen LogP contribution in [0, 0.1) is 0 Å². The number of carbonyl (C=O) groups is 1. The highest BCUT2D eigenvalue weighted by Gasteiger charge is 2.11. The number of aliphatic hydroxyl groups is 1. The molecule has 2 aromatic rings. The van der Waals surface area contributed by atoms with Gasteiger partial charge in [0.1, 0.15) is 5.75 Å². The minimum Gasteiger partial charge on any atom is -0.435 e. The lowest BCUT2D eigenvalue weighted by Gasteiger charge is -2.13. The molecule has 0 radical (unpaired) electrons. The number of aromatic nitrogens is 1. The average molecular weight is 336 g/mol. The highest BCUT2D eigenvalue weighted by atomic mass is 19.3. The zero-order chi connectivity index (χ0) is 17.4. The van der Waals surface area contributed by atoms with Crippen molar-refractivity contribution in [3.05, 3.63) is 59.9 Å². The van der Waals surface area contributed by atoms with Crippen LogP contribution in [0.25, 0.3) is 0 Å². The third-order valence-electron chi connectivity index (χ3n) is 3.35. The number of halogens is 2. The summed E-state index contributed by atoms with van der Waals surface area (Å²) in [7, 11) is 0. The minimum atomic E-state index is -2.89. The number of rotatable bonds is 8. The van der Waals surface area contributed by atoms with Crippen molar-refractivity contribution in [3.63, 3.8) is 0 Å². The second kappa shape index (κ2) is 8.93. The van der Waals surface area contributed by atoms with Crippen LogP contribution in [-0.4, -0.2) is 29.2 Å². The number of nitrogens with one attached hydrogen (secondary N) is 1. The molecule has 1 atom stereocenters. The van der Waals surface area contributed by atoms with Gasteiger partial charge in [-0.1, -0.05) is 18.2 Å². The van der Waals surface area contributed by atoms with E-state index in [1.165, 1.54) is 24.3 Å². The molecule has 1 aromatic heterocycles. The maximum Gasteiger partial charge on any atom is 0.387 e. The van der Waals surface area contributed by atoms with Crippen molar-refractivity contribution in [2.45, 2.75) is 25.6 Å². The molecule has 1 amide bonds. The number of pyridine rings is 1. The molecule has 0 bridgehead atoms. The molecule has 0 aliphatic rings. The molecule has 128 valence electrons. The largest absolute Gasteiger partial charge is 0.435 e. The number of alkyl halides is 2. The van der Waals surface area contributed by atoms with Gasteiger partial charge in [0.25, 0.3) is 0 Å². The lowest BCUT2D eigenvalue weighted by Crippen LogP contribution is -2.28. The summed E-state index contributed by atoms with van der Waals surface area (Å²) in [6.07, 6.45) is 3.30. The van der Waals surface area contributed by atoms with Crippen molar-refractivity contribution in [2.24, 2.45) is 0 Å². The van der Waals surface area contributed by atoms with E-state index in [4.69, 9.17) is 0 Å². The van der Waals surface area contributed by atoms with Gasteiger partial charge in [0, 0.05) is 25.4 Å². The van der Waals surface area contributed by atoms with Crippen LogP contribution >= 0.6 is 0 Å². The van der Waals surface area contributed by atoms with Crippen LogP contribution in [0.2, 0.25) is 0 Å². The molecule has 2 N–H and O–H groups in total. The number of aliphatic hydroxyl groups excluding tert-OH is 1. The van der Waals surface area contributed by atoms with Crippen molar-refractivity contribution in [1.82, 2.24) is 10.3 Å². The first-order valence-corrected chi connectivity index (χ1v) is 7.43. The fourth-order valence-electron chi connectivity index (χ4n) is 2.09. The zero-order valence-electron chi connectivity index (χ0n) is 12.9. The van der Waals surface area contributed by atoms with Crippen LogP contribution in [0.1, 0.15) is 23.7 Å². The van der Waals surface area contributed by atoms with Crippen molar-refractivity contribution >= 4 is 5.91 Å². The molecule has 0 fully saturated rings. The number of nitrogens with zero attached hydrogens (tertiary/aromatic N) is 1. The number of carbonyl (C=O) groups excluding carboxylic acids is 1. The molecular formula is C17H18F2N2O3. The van der Waals surface area contributed by atoms with E-state index in [-0.39, 0.29) is 18.2 Å². The van der Waals surface area contributed by atoms with Gasteiger partial charge in [0.15, 0.2) is 0 Å². The Labute approximate surface area is 138 Å². The average Bonchev–Trinajstić information content (AvgIpc) is 2.59. The van der Waals surface area contributed by atoms with E-state index in [1.54, 1.807) is 18.5 Å². The monoisotopic (exact) mass is 336 g/mol. The quantitative estimate of drug-likeness (QED) is 0.777. The summed E-state index contributed by atoms with van der Waals surface area (Å²) in [5.41, 5.74) is 1.46. The van der Waals surface area contributed by atoms with Gasteiger partial charge in [0.05, 0.1) is 6.10 Å². The molecule has 1 heterocycles. The summed E-state index contributed by atoms with van der Waals surface area (Å²) >= 11 is 0. The summed E-state index contributed by atoms with van der Waals surface area (Å²) in [5, 5.41) is 12.7. The summed E-state index contributed by atoms with van der Waals surface area (Å²) in [5.74, 6) is -0.169. The van der Waals surface area contributed by atoms with Gasteiger partial charge in [-0.25, -0.2) is 0 Å². The molecule has 7 heteroatoms. The molecule has 2 rings (SSSR count). The Morgan fingerprint density at radius 3 is 2.62 bits per heavy atom. The maximum absolute atomic E-state index is 12.1. The van der Waals surface area contributed by atoms with E-state index in [0.29, 0.717) is 18.4 Å². The highest BCUT2D eigenvalue weighted by Crippen LogP contribution is 2.19. The van der Waals surface area contributed by atoms with Gasteiger partial charge >= 0.3 is 6.61 Å². The van der Waals surface area contributed by atoms with E-state index < -0.39 is 12.7 Å². The number of ether oxygens (including phenoxy) is 1. The molecule has 5 nitrogen and oxygen atoms in total. The summed E-state index contributed by atoms with van der Waals surface area (Å²) in [6.45, 7) is -2.85. The predicted octanol–water partition coefficient (Wildman–Crippen LogP) is 2.47. The topological polar surface area (TPSA) is 71.5 Å². The van der Waals surface area contributed by atoms with Crippen LogP contribution in [-0.2, 0) is 11.2 Å². The summed E-state index contributed by atoms with van der Waals surface area (Å²) < 4.78 is 28.4. The molecule has 0 spiro atoms. The van der Waals surface area contributed by atoms with Crippen molar-refractivity contribution in [3.8, 4) is 5.75 Å². The van der Waals surface area contributed by atoms with E-state index in [1.807, 2.05) is 6.07 Å². The zero-order valence-corrected chi connectivity index (χ0v) is 12.9. The fraction of sp³-hybridized carbons (Fsp3) is 0.294. The highest BCUT2D eigenvalue weighted by molar-refractivity contribution is 5.76. The Hall–Kier alpha value is -2.54. The van der Waals surface area contributed by atoms with Crippen molar-refractivity contribution in [1.29, 1.82) is 0 Å². The SMILES string of the molecule is O=C(CCc1cccnc1)NC[C@H](O)c1ccc(OC(F)F)cc1. The lowest BCUT2D eigenvalue weighted by molar-refractivity contribution is -0.121. The van der Waals surface area contributed by atoms with Gasteiger partial charge in [-0.05, 0) is 35.7 Å². The molecule has 0 aliphatic heterocycles. The summed E-state index contributed by atoms with van der Waals surface area (Å²) in [6, 6.07) is 9.33. The number of hydrogen-bond donors (Lipinski definition) is 2. The second-order valence-electron chi connectivity index (χ2n) is 5.13. The third kappa shape index (κ3) is 5.92. The number of hydrogen-bond acceptors (Lipinski definition) is 4. The van der Waals surface area contributed by atoms with E-state index >= 15 is 0 Å². The number of benzene rings is 1. The van der Waals surface area contributed by atoms with Crippen LogP contribution in [0.4, 0.5) is 8.78 Å². The van der Waals surface area contributed by atoms with Crippen molar-refractivity contribution in [2.75, 3.05) is 6.54 Å². The first-order chi connectivity index (χ1) is 11.5. The Morgan fingerprint density at radius 2 is 2.00 bits per heavy atom. The van der Waals surface area contributed by atoms with Crippen LogP contribution in [0.3, 0.4) is 0 Å². The Balaban J connectivity index is 1.75. The van der Waals surface area contributed by atoms with Gasteiger partial charge in [-0.3, -0.25) is 9.78 Å². The lowest BCUT2D eigenvalue weighted by atomic mass is 10.1. The van der Waals surface area contributed by atoms with E-state index in [9.17, 15) is 18.7 Å². The molecule has 1 aromatic carbocycles. The maximum atomic E-state index is 12.1. The Morgan fingerprint density at radius 1 is 1.25 bits per heavy atom. The van der Waals surface area contributed by atoms with E-state index in [0.717, 1.165) is 5.56 Å². The molecular weight excluding hydrogens is 318 g/mol. The summed E-state index contributed by atoms with van der Waals surface area (Å²) in [4.78, 5) is 15.8. The molecule has 0 saturated heterocycles. The molecule has 0 unspecified atom stereocenters. The van der Waals surface area contributed by atoms with Crippen LogP contribution < -0.4 is 10.1 Å². The van der Waals surface area contributed by atoms with E-state index in [2.05, 4.69) is 15.0 Å². The number of amides is 1. The fourth-order valence-corrected chi connectivity index (χ4v) is 2.09. The minimum absolute atomic E-state index is 0.0152. The Bertz CT molecular complexity index is 636. The predicted molar refractivity (Wildman–Crippen MR) is 83.6 cm³/mol. The smallest absolute Gasteiger partial charge is 0.387 e. The van der Waals surface area contributed by atoms with Gasteiger partial charge in [-0.2, -0.15) is 8.78 Å². The number of aryl methyl sites for hydroxylation is 1. The second-order valence-corrected chi connectivity index (χ2v) is 5.13. The van der Waals surface area contributed by atoms with Gasteiger partial charge < -0.3 is 15.2 Å². The molecule has 24 heavy (non-hydrogen) atoms. The van der Waals surface area contributed by atoms with Gasteiger partial charge in [0.2, 0.25) is 5.91 Å². The first-order valence-electron chi connectivity index (χ1n) is 7.43. The third-order valence-corrected chi connectivity index (χ3v) is 3.35.